The van der Waals surface area contributed by atoms with Crippen molar-refractivity contribution < 1.29 is 13.9 Å². The maximum absolute atomic E-state index is 12.9. The van der Waals surface area contributed by atoms with Crippen LogP contribution in [0.4, 0.5) is 0 Å². The standard InChI is InChI=1S/C20H23N3O5S/c1-5-6-7-12-10-21-17-15(18(24)23(3)20(26)22(17)2)16(12)29-11-13-8-9-14(28-13)19(25)27-4/h8-10H,5-7,11H2,1-4H3. The Labute approximate surface area is 171 Å². The molecule has 0 unspecified atom stereocenters. The third kappa shape index (κ3) is 4.00. The van der Waals surface area contributed by atoms with Crippen LogP contribution in [0.5, 0.6) is 0 Å². The molecule has 0 bridgehead atoms. The van der Waals surface area contributed by atoms with Gasteiger partial charge in [-0.3, -0.25) is 13.9 Å². The Kier molecular flexibility index (Phi) is 6.26. The van der Waals surface area contributed by atoms with Crippen molar-refractivity contribution in [3.8, 4) is 0 Å². The zero-order valence-corrected chi connectivity index (χ0v) is 17.7. The first-order valence-corrected chi connectivity index (χ1v) is 10.2. The summed E-state index contributed by atoms with van der Waals surface area (Å²) in [5, 5.41) is 0.424. The van der Waals surface area contributed by atoms with Crippen LogP contribution in [0.1, 0.15) is 41.6 Å². The Bertz CT molecular complexity index is 1180. The van der Waals surface area contributed by atoms with Gasteiger partial charge < -0.3 is 9.15 Å². The van der Waals surface area contributed by atoms with Crippen LogP contribution in [0, 0.1) is 0 Å². The van der Waals surface area contributed by atoms with Gasteiger partial charge in [0.05, 0.1) is 18.2 Å². The first kappa shape index (κ1) is 20.9. The van der Waals surface area contributed by atoms with Crippen molar-refractivity contribution in [3.05, 3.63) is 56.3 Å². The van der Waals surface area contributed by atoms with E-state index in [2.05, 4.69) is 16.6 Å². The van der Waals surface area contributed by atoms with Crippen LogP contribution in [-0.2, 0) is 31.0 Å². The molecule has 3 aromatic rings. The number of hydrogen-bond donors (Lipinski definition) is 0. The predicted octanol–water partition coefficient (Wildman–Crippen LogP) is 2.65. The fourth-order valence-corrected chi connectivity index (χ4v) is 4.17. The van der Waals surface area contributed by atoms with E-state index in [-0.39, 0.29) is 11.3 Å². The van der Waals surface area contributed by atoms with Crippen molar-refractivity contribution in [2.24, 2.45) is 14.1 Å². The lowest BCUT2D eigenvalue weighted by Crippen LogP contribution is -2.37. The second-order valence-electron chi connectivity index (χ2n) is 6.67. The van der Waals surface area contributed by atoms with Crippen molar-refractivity contribution in [1.82, 2.24) is 14.1 Å². The van der Waals surface area contributed by atoms with E-state index < -0.39 is 11.7 Å². The largest absolute Gasteiger partial charge is 0.463 e. The van der Waals surface area contributed by atoms with Crippen molar-refractivity contribution in [1.29, 1.82) is 0 Å². The Morgan fingerprint density at radius 3 is 2.69 bits per heavy atom. The number of pyridine rings is 1. The maximum Gasteiger partial charge on any atom is 0.373 e. The zero-order chi connectivity index (χ0) is 21.1. The summed E-state index contributed by atoms with van der Waals surface area (Å²) in [7, 11) is 4.36. The number of unbranched alkanes of at least 4 members (excludes halogenated alkanes) is 1. The molecule has 3 aromatic heterocycles. The van der Waals surface area contributed by atoms with Gasteiger partial charge in [-0.05, 0) is 30.5 Å². The molecule has 3 heterocycles. The van der Waals surface area contributed by atoms with E-state index in [1.165, 1.54) is 30.5 Å². The van der Waals surface area contributed by atoms with Crippen LogP contribution in [0.25, 0.3) is 11.0 Å². The number of rotatable bonds is 7. The number of ether oxygens (including phenoxy) is 1. The van der Waals surface area contributed by atoms with Gasteiger partial charge in [-0.15, -0.1) is 11.8 Å². The van der Waals surface area contributed by atoms with Gasteiger partial charge in [0.15, 0.2) is 0 Å². The lowest BCUT2D eigenvalue weighted by Gasteiger charge is -2.14. The molecule has 0 saturated heterocycles. The van der Waals surface area contributed by atoms with Gasteiger partial charge in [-0.2, -0.15) is 0 Å². The van der Waals surface area contributed by atoms with Crippen molar-refractivity contribution in [2.75, 3.05) is 7.11 Å². The number of carbonyl (C=O) groups is 1. The SMILES string of the molecule is CCCCc1cnc2c(c1SCc1ccc(C(=O)OC)o1)c(=O)n(C)c(=O)n2C. The molecule has 8 nitrogen and oxygen atoms in total. The Morgan fingerprint density at radius 2 is 2.00 bits per heavy atom. The molecule has 0 aromatic carbocycles. The van der Waals surface area contributed by atoms with E-state index in [9.17, 15) is 14.4 Å². The van der Waals surface area contributed by atoms with Gasteiger partial charge in [-0.25, -0.2) is 14.6 Å². The summed E-state index contributed by atoms with van der Waals surface area (Å²) in [6.45, 7) is 2.10. The molecular weight excluding hydrogens is 394 g/mol. The van der Waals surface area contributed by atoms with E-state index in [0.29, 0.717) is 22.5 Å². The molecule has 0 amide bonds. The highest BCUT2D eigenvalue weighted by Crippen LogP contribution is 2.32. The van der Waals surface area contributed by atoms with Crippen LogP contribution < -0.4 is 11.2 Å². The second kappa shape index (κ2) is 8.69. The predicted molar refractivity (Wildman–Crippen MR) is 110 cm³/mol. The van der Waals surface area contributed by atoms with E-state index >= 15 is 0 Å². The quantitative estimate of drug-likeness (QED) is 0.431. The number of aromatic nitrogens is 3. The number of hydrogen-bond acceptors (Lipinski definition) is 7. The molecule has 0 N–H and O–H groups in total. The summed E-state index contributed by atoms with van der Waals surface area (Å²) >= 11 is 1.44. The molecule has 0 atom stereocenters. The summed E-state index contributed by atoms with van der Waals surface area (Å²) in [5.74, 6) is 0.597. The summed E-state index contributed by atoms with van der Waals surface area (Å²) < 4.78 is 12.7. The first-order chi connectivity index (χ1) is 13.9. The highest BCUT2D eigenvalue weighted by atomic mass is 32.2. The Hall–Kier alpha value is -2.81. The minimum Gasteiger partial charge on any atom is -0.463 e. The monoisotopic (exact) mass is 417 g/mol. The van der Waals surface area contributed by atoms with E-state index in [1.807, 2.05) is 0 Å². The Balaban J connectivity index is 2.08. The van der Waals surface area contributed by atoms with Crippen LogP contribution in [0.15, 0.2) is 37.2 Å². The molecule has 0 aliphatic carbocycles. The zero-order valence-electron chi connectivity index (χ0n) is 16.9. The highest BCUT2D eigenvalue weighted by molar-refractivity contribution is 7.98. The van der Waals surface area contributed by atoms with Gasteiger partial charge in [-0.1, -0.05) is 13.3 Å². The lowest BCUT2D eigenvalue weighted by atomic mass is 10.1. The van der Waals surface area contributed by atoms with Gasteiger partial charge >= 0.3 is 11.7 Å². The molecule has 9 heteroatoms. The number of carbonyl (C=O) groups excluding carboxylic acids is 1. The smallest absolute Gasteiger partial charge is 0.373 e. The topological polar surface area (TPSA) is 96.3 Å². The van der Waals surface area contributed by atoms with E-state index in [1.54, 1.807) is 25.4 Å². The number of thioether (sulfide) groups is 1. The third-order valence-corrected chi connectivity index (χ3v) is 5.89. The van der Waals surface area contributed by atoms with Crippen LogP contribution in [-0.4, -0.2) is 27.2 Å². The second-order valence-corrected chi connectivity index (χ2v) is 7.65. The van der Waals surface area contributed by atoms with E-state index in [0.717, 1.165) is 34.3 Å². The maximum atomic E-state index is 12.9. The summed E-state index contributed by atoms with van der Waals surface area (Å²) in [4.78, 5) is 42.0. The molecule has 0 radical (unpaired) electrons. The molecule has 0 saturated carbocycles. The summed E-state index contributed by atoms with van der Waals surface area (Å²) in [6, 6.07) is 3.27. The average molecular weight is 417 g/mol. The van der Waals surface area contributed by atoms with Gasteiger partial charge in [0, 0.05) is 25.2 Å². The van der Waals surface area contributed by atoms with Crippen molar-refractivity contribution >= 4 is 28.8 Å². The number of aryl methyl sites for hydroxylation is 2. The Morgan fingerprint density at radius 1 is 1.24 bits per heavy atom. The van der Waals surface area contributed by atoms with Crippen LogP contribution in [0.3, 0.4) is 0 Å². The molecular formula is C20H23N3O5S. The highest BCUT2D eigenvalue weighted by Gasteiger charge is 2.18. The lowest BCUT2D eigenvalue weighted by molar-refractivity contribution is 0.0563. The molecule has 29 heavy (non-hydrogen) atoms. The first-order valence-electron chi connectivity index (χ1n) is 9.26. The molecule has 154 valence electrons. The normalized spacial score (nSPS) is 11.2. The number of fused-ring (bicyclic) bond motifs is 1. The van der Waals surface area contributed by atoms with Gasteiger partial charge in [0.2, 0.25) is 5.76 Å². The molecule has 0 spiro atoms. The van der Waals surface area contributed by atoms with Crippen molar-refractivity contribution in [3.63, 3.8) is 0 Å². The molecule has 0 aliphatic heterocycles. The van der Waals surface area contributed by atoms with Gasteiger partial charge in [0.1, 0.15) is 11.4 Å². The van der Waals surface area contributed by atoms with E-state index in [4.69, 9.17) is 4.42 Å². The minimum atomic E-state index is -0.539. The number of furan rings is 1. The number of esters is 1. The minimum absolute atomic E-state index is 0.132. The fourth-order valence-electron chi connectivity index (χ4n) is 3.06. The summed E-state index contributed by atoms with van der Waals surface area (Å²) in [5.41, 5.74) is 0.530. The number of methoxy groups -OCH3 is 1. The number of nitrogens with zero attached hydrogens (tertiary/aromatic N) is 3. The van der Waals surface area contributed by atoms with Crippen LogP contribution >= 0.6 is 11.8 Å². The molecule has 0 aliphatic rings. The van der Waals surface area contributed by atoms with Crippen molar-refractivity contribution in [2.45, 2.75) is 36.8 Å². The third-order valence-electron chi connectivity index (χ3n) is 4.70. The fraction of sp³-hybridized carbons (Fsp3) is 0.400. The molecule has 0 fully saturated rings. The van der Waals surface area contributed by atoms with Gasteiger partial charge in [0.25, 0.3) is 5.56 Å². The summed E-state index contributed by atoms with van der Waals surface area (Å²) in [6.07, 6.45) is 4.48. The van der Waals surface area contributed by atoms with Crippen LogP contribution in [0.2, 0.25) is 0 Å². The average Bonchev–Trinajstić information content (AvgIpc) is 3.21. The molecule has 3 rings (SSSR count).